The normalized spacial score (nSPS) is 9.76. The Morgan fingerprint density at radius 1 is 0.952 bits per heavy atom. The van der Waals surface area contributed by atoms with E-state index in [9.17, 15) is 14.7 Å². The fraction of sp³-hybridized carbons (Fsp3) is 0.0667. The Balaban J connectivity index is 2.13. The zero-order chi connectivity index (χ0) is 15.2. The van der Waals surface area contributed by atoms with E-state index in [1.54, 1.807) is 30.3 Å². The van der Waals surface area contributed by atoms with Crippen molar-refractivity contribution in [1.82, 2.24) is 0 Å². The molecule has 6 heteroatoms. The molecule has 0 unspecified atom stereocenters. The first-order valence-corrected chi connectivity index (χ1v) is 5.97. The maximum absolute atomic E-state index is 11.6. The Kier molecular flexibility index (Phi) is 4.40. The molecule has 0 fully saturated rings. The molecule has 108 valence electrons. The molecular weight excluding hydrogens is 276 g/mol. The van der Waals surface area contributed by atoms with Crippen LogP contribution >= 0.6 is 0 Å². The van der Waals surface area contributed by atoms with Gasteiger partial charge in [0.05, 0.1) is 7.11 Å². The summed E-state index contributed by atoms with van der Waals surface area (Å²) in [6, 6.07) is 12.4. The summed E-state index contributed by atoms with van der Waals surface area (Å²) in [6.45, 7) is 0. The lowest BCUT2D eigenvalue weighted by atomic mass is 10.2. The molecule has 0 aliphatic carbocycles. The number of para-hydroxylation sites is 2. The van der Waals surface area contributed by atoms with Crippen molar-refractivity contribution in [3.05, 3.63) is 54.1 Å². The molecule has 0 bridgehead atoms. The Bertz CT molecular complexity index is 650. The monoisotopic (exact) mass is 288 g/mol. The lowest BCUT2D eigenvalue weighted by Crippen LogP contribution is -2.14. The van der Waals surface area contributed by atoms with Crippen molar-refractivity contribution in [2.75, 3.05) is 7.11 Å². The fourth-order valence-corrected chi connectivity index (χ4v) is 1.57. The van der Waals surface area contributed by atoms with Gasteiger partial charge in [-0.15, -0.1) is 0 Å². The van der Waals surface area contributed by atoms with Crippen LogP contribution in [0.2, 0.25) is 0 Å². The highest BCUT2D eigenvalue weighted by molar-refractivity contribution is 5.93. The number of esters is 1. The summed E-state index contributed by atoms with van der Waals surface area (Å²) in [5.41, 5.74) is -0.109. The molecule has 0 spiro atoms. The van der Waals surface area contributed by atoms with Gasteiger partial charge in [-0.05, 0) is 24.3 Å². The summed E-state index contributed by atoms with van der Waals surface area (Å²) in [6.07, 6.45) is -1.03. The van der Waals surface area contributed by atoms with E-state index < -0.39 is 17.9 Å². The van der Waals surface area contributed by atoms with E-state index in [1.807, 2.05) is 0 Å². The number of hydrogen-bond acceptors (Lipinski definition) is 6. The summed E-state index contributed by atoms with van der Waals surface area (Å²) < 4.78 is 14.3. The highest BCUT2D eigenvalue weighted by atomic mass is 16.7. The molecule has 0 amide bonds. The SMILES string of the molecule is COC(=O)c1cccc(OC(=O)Oc2ccccc2)c1O. The largest absolute Gasteiger partial charge is 0.519 e. The van der Waals surface area contributed by atoms with Crippen LogP contribution in [-0.4, -0.2) is 24.3 Å². The predicted octanol–water partition coefficient (Wildman–Crippen LogP) is 2.76. The van der Waals surface area contributed by atoms with Gasteiger partial charge in [-0.1, -0.05) is 24.3 Å². The van der Waals surface area contributed by atoms with Crippen LogP contribution in [0, 0.1) is 0 Å². The van der Waals surface area contributed by atoms with Crippen LogP contribution in [0.15, 0.2) is 48.5 Å². The van der Waals surface area contributed by atoms with E-state index in [2.05, 4.69) is 4.74 Å². The summed E-state index contributed by atoms with van der Waals surface area (Å²) in [4.78, 5) is 23.0. The Hall–Kier alpha value is -3.02. The van der Waals surface area contributed by atoms with Gasteiger partial charge in [0.25, 0.3) is 0 Å². The quantitative estimate of drug-likeness (QED) is 0.690. The molecule has 1 N–H and O–H groups in total. The highest BCUT2D eigenvalue weighted by Crippen LogP contribution is 2.30. The predicted molar refractivity (Wildman–Crippen MR) is 72.5 cm³/mol. The molecule has 2 rings (SSSR count). The van der Waals surface area contributed by atoms with Gasteiger partial charge in [-0.3, -0.25) is 0 Å². The molecule has 0 aromatic heterocycles. The van der Waals surface area contributed by atoms with E-state index >= 15 is 0 Å². The maximum atomic E-state index is 11.6. The minimum atomic E-state index is -1.03. The number of rotatable bonds is 3. The molecule has 0 saturated heterocycles. The van der Waals surface area contributed by atoms with E-state index in [1.165, 1.54) is 25.3 Å². The van der Waals surface area contributed by atoms with Crippen molar-refractivity contribution in [3.63, 3.8) is 0 Å². The van der Waals surface area contributed by atoms with Crippen LogP contribution in [0.4, 0.5) is 4.79 Å². The lowest BCUT2D eigenvalue weighted by molar-refractivity contribution is 0.0596. The molecule has 21 heavy (non-hydrogen) atoms. The van der Waals surface area contributed by atoms with Crippen LogP contribution in [0.1, 0.15) is 10.4 Å². The molecule has 0 heterocycles. The van der Waals surface area contributed by atoms with E-state index in [4.69, 9.17) is 9.47 Å². The smallest absolute Gasteiger partial charge is 0.504 e. The molecule has 0 saturated carbocycles. The zero-order valence-electron chi connectivity index (χ0n) is 11.1. The van der Waals surface area contributed by atoms with Crippen molar-refractivity contribution >= 4 is 12.1 Å². The van der Waals surface area contributed by atoms with E-state index in [0.29, 0.717) is 5.75 Å². The van der Waals surface area contributed by atoms with Gasteiger partial charge in [-0.2, -0.15) is 0 Å². The zero-order valence-corrected chi connectivity index (χ0v) is 11.1. The molecule has 6 nitrogen and oxygen atoms in total. The molecule has 0 radical (unpaired) electrons. The van der Waals surface area contributed by atoms with Gasteiger partial charge < -0.3 is 19.3 Å². The average molecular weight is 288 g/mol. The van der Waals surface area contributed by atoms with Crippen molar-refractivity contribution in [2.45, 2.75) is 0 Å². The van der Waals surface area contributed by atoms with Crippen LogP contribution < -0.4 is 9.47 Å². The van der Waals surface area contributed by atoms with Gasteiger partial charge in [0.15, 0.2) is 11.5 Å². The van der Waals surface area contributed by atoms with Crippen LogP contribution in [0.5, 0.6) is 17.2 Å². The number of hydrogen-bond donors (Lipinski definition) is 1. The summed E-state index contributed by atoms with van der Waals surface area (Å²) in [7, 11) is 1.18. The van der Waals surface area contributed by atoms with Gasteiger partial charge in [0.1, 0.15) is 11.3 Å². The standard InChI is InChI=1S/C15H12O6/c1-19-14(17)11-8-5-9-12(13(11)16)21-15(18)20-10-6-3-2-4-7-10/h2-9,16H,1H3. The van der Waals surface area contributed by atoms with Crippen molar-refractivity contribution in [2.24, 2.45) is 0 Å². The molecule has 0 aliphatic rings. The number of methoxy groups -OCH3 is 1. The summed E-state index contributed by atoms with van der Waals surface area (Å²) in [5.74, 6) is -1.13. The minimum absolute atomic E-state index is 0.109. The van der Waals surface area contributed by atoms with Crippen LogP contribution in [-0.2, 0) is 4.74 Å². The van der Waals surface area contributed by atoms with Crippen molar-refractivity contribution in [1.29, 1.82) is 0 Å². The van der Waals surface area contributed by atoms with E-state index in [0.717, 1.165) is 0 Å². The Morgan fingerprint density at radius 2 is 1.67 bits per heavy atom. The summed E-state index contributed by atoms with van der Waals surface area (Å²) in [5, 5.41) is 9.87. The molecule has 2 aromatic carbocycles. The molecule has 0 atom stereocenters. The third kappa shape index (κ3) is 3.50. The van der Waals surface area contributed by atoms with Gasteiger partial charge >= 0.3 is 12.1 Å². The number of aromatic hydroxyl groups is 1. The van der Waals surface area contributed by atoms with E-state index in [-0.39, 0.29) is 11.3 Å². The Labute approximate surface area is 120 Å². The maximum Gasteiger partial charge on any atom is 0.519 e. The number of benzene rings is 2. The molecule has 0 aliphatic heterocycles. The third-order valence-electron chi connectivity index (χ3n) is 2.54. The average Bonchev–Trinajstić information content (AvgIpc) is 2.49. The first kappa shape index (κ1) is 14.4. The topological polar surface area (TPSA) is 82.1 Å². The van der Waals surface area contributed by atoms with Crippen molar-refractivity contribution < 1.29 is 28.9 Å². The number of ether oxygens (including phenoxy) is 3. The highest BCUT2D eigenvalue weighted by Gasteiger charge is 2.18. The number of phenolic OH excluding ortho intramolecular Hbond substituents is 1. The van der Waals surface area contributed by atoms with Gasteiger partial charge in [0.2, 0.25) is 0 Å². The first-order chi connectivity index (χ1) is 10.1. The second-order valence-electron chi connectivity index (χ2n) is 3.91. The second kappa shape index (κ2) is 6.42. The Morgan fingerprint density at radius 3 is 2.33 bits per heavy atom. The number of carbonyl (C=O) groups is 2. The third-order valence-corrected chi connectivity index (χ3v) is 2.54. The number of carbonyl (C=O) groups excluding carboxylic acids is 2. The van der Waals surface area contributed by atoms with Crippen LogP contribution in [0.25, 0.3) is 0 Å². The van der Waals surface area contributed by atoms with Crippen molar-refractivity contribution in [3.8, 4) is 17.2 Å². The number of phenols is 1. The lowest BCUT2D eigenvalue weighted by Gasteiger charge is -2.09. The van der Waals surface area contributed by atoms with Gasteiger partial charge in [-0.25, -0.2) is 9.59 Å². The van der Waals surface area contributed by atoms with Gasteiger partial charge in [0, 0.05) is 0 Å². The van der Waals surface area contributed by atoms with Crippen LogP contribution in [0.3, 0.4) is 0 Å². The minimum Gasteiger partial charge on any atom is -0.504 e. The summed E-state index contributed by atoms with van der Waals surface area (Å²) >= 11 is 0. The first-order valence-electron chi connectivity index (χ1n) is 5.97. The second-order valence-corrected chi connectivity index (χ2v) is 3.91. The molecular formula is C15H12O6. The molecule has 2 aromatic rings. The fourth-order valence-electron chi connectivity index (χ4n) is 1.57.